The molecular weight excluding hydrogens is 273 g/mol. The molecule has 0 bridgehead atoms. The Kier molecular flexibility index (Phi) is 5.35. The van der Waals surface area contributed by atoms with Crippen LogP contribution in [0, 0.1) is 11.2 Å². The minimum absolute atomic E-state index is 0.0944. The summed E-state index contributed by atoms with van der Waals surface area (Å²) in [6.45, 7) is 4.49. The molecule has 0 aromatic heterocycles. The fourth-order valence-corrected chi connectivity index (χ4v) is 1.61. The van der Waals surface area contributed by atoms with Gasteiger partial charge in [0.05, 0.1) is 16.6 Å². The van der Waals surface area contributed by atoms with Crippen molar-refractivity contribution < 1.29 is 9.13 Å². The Bertz CT molecular complexity index is 437. The third-order valence-electron chi connectivity index (χ3n) is 2.77. The highest BCUT2D eigenvalue weighted by atomic mass is 35.5. The molecule has 2 nitrogen and oxygen atoms in total. The summed E-state index contributed by atoms with van der Waals surface area (Å²) in [6, 6.07) is 4.40. The van der Waals surface area contributed by atoms with Crippen LogP contribution in [-0.2, 0) is 0 Å². The first kappa shape index (κ1) is 15.2. The first-order chi connectivity index (χ1) is 8.33. The fraction of sp³-hybridized carbons (Fsp3) is 0.462. The molecule has 0 spiro atoms. The largest absolute Gasteiger partial charge is 0.493 e. The van der Waals surface area contributed by atoms with Gasteiger partial charge in [0.25, 0.3) is 0 Å². The Morgan fingerprint density at radius 2 is 2.17 bits per heavy atom. The third-order valence-corrected chi connectivity index (χ3v) is 3.63. The Morgan fingerprint density at radius 3 is 2.72 bits per heavy atom. The lowest BCUT2D eigenvalue weighted by atomic mass is 9.88. The standard InChI is InChI=1S/C13H17ClFNOS/c1-13(2,12(16)18)6-3-7-17-9-4-5-10(14)11(15)8-9/h4-5,8H,3,6-7H2,1-2H3,(H2,16,18). The first-order valence-corrected chi connectivity index (χ1v) is 6.49. The maximum absolute atomic E-state index is 13.1. The molecule has 1 aromatic rings. The minimum Gasteiger partial charge on any atom is -0.493 e. The summed E-state index contributed by atoms with van der Waals surface area (Å²) in [5.41, 5.74) is 5.45. The van der Waals surface area contributed by atoms with Crippen LogP contribution in [-0.4, -0.2) is 11.6 Å². The zero-order valence-corrected chi connectivity index (χ0v) is 12.1. The average molecular weight is 290 g/mol. The lowest BCUT2D eigenvalue weighted by Gasteiger charge is -2.22. The number of nitrogens with two attached hydrogens (primary N) is 1. The van der Waals surface area contributed by atoms with Gasteiger partial charge >= 0.3 is 0 Å². The van der Waals surface area contributed by atoms with E-state index in [0.29, 0.717) is 17.3 Å². The van der Waals surface area contributed by atoms with Gasteiger partial charge in [-0.2, -0.15) is 0 Å². The molecule has 0 saturated carbocycles. The van der Waals surface area contributed by atoms with Crippen LogP contribution in [0.25, 0.3) is 0 Å². The van der Waals surface area contributed by atoms with Crippen molar-refractivity contribution in [1.82, 2.24) is 0 Å². The van der Waals surface area contributed by atoms with Crippen LogP contribution in [0.5, 0.6) is 5.75 Å². The smallest absolute Gasteiger partial charge is 0.145 e. The summed E-state index contributed by atoms with van der Waals surface area (Å²) in [7, 11) is 0. The molecule has 1 rings (SSSR count). The van der Waals surface area contributed by atoms with E-state index in [1.54, 1.807) is 6.07 Å². The molecule has 0 radical (unpaired) electrons. The summed E-state index contributed by atoms with van der Waals surface area (Å²) in [5, 5.41) is 0.0944. The van der Waals surface area contributed by atoms with Crippen LogP contribution in [0.1, 0.15) is 26.7 Å². The molecule has 5 heteroatoms. The van der Waals surface area contributed by atoms with Crippen molar-refractivity contribution in [3.63, 3.8) is 0 Å². The summed E-state index contributed by atoms with van der Waals surface area (Å²) in [6.07, 6.45) is 1.63. The summed E-state index contributed by atoms with van der Waals surface area (Å²) in [4.78, 5) is 0.500. The minimum atomic E-state index is -0.474. The first-order valence-electron chi connectivity index (χ1n) is 5.71. The fourth-order valence-electron chi connectivity index (χ4n) is 1.39. The van der Waals surface area contributed by atoms with Gasteiger partial charge in [-0.05, 0) is 25.0 Å². The second kappa shape index (κ2) is 6.34. The van der Waals surface area contributed by atoms with E-state index in [-0.39, 0.29) is 10.4 Å². The number of hydrogen-bond donors (Lipinski definition) is 1. The van der Waals surface area contributed by atoms with Crippen molar-refractivity contribution in [2.24, 2.45) is 11.1 Å². The summed E-state index contributed by atoms with van der Waals surface area (Å²) in [5.74, 6) is 0.00247. The molecule has 100 valence electrons. The lowest BCUT2D eigenvalue weighted by Crippen LogP contribution is -2.30. The zero-order chi connectivity index (χ0) is 13.8. The Hall–Kier alpha value is -0.870. The molecule has 0 unspecified atom stereocenters. The molecule has 0 heterocycles. The molecule has 2 N–H and O–H groups in total. The molecule has 0 amide bonds. The van der Waals surface area contributed by atoms with E-state index >= 15 is 0 Å². The Labute approximate surface area is 117 Å². The van der Waals surface area contributed by atoms with E-state index in [1.807, 2.05) is 13.8 Å². The van der Waals surface area contributed by atoms with Crippen molar-refractivity contribution in [1.29, 1.82) is 0 Å². The SMILES string of the molecule is CC(C)(CCCOc1ccc(Cl)c(F)c1)C(N)=S. The van der Waals surface area contributed by atoms with E-state index < -0.39 is 5.82 Å². The average Bonchev–Trinajstić information content (AvgIpc) is 2.29. The molecular formula is C13H17ClFNOS. The molecule has 0 atom stereocenters. The highest BCUT2D eigenvalue weighted by Crippen LogP contribution is 2.24. The number of ether oxygens (including phenoxy) is 1. The highest BCUT2D eigenvalue weighted by Gasteiger charge is 2.20. The molecule has 0 saturated heterocycles. The van der Waals surface area contributed by atoms with E-state index in [0.717, 1.165) is 12.8 Å². The topological polar surface area (TPSA) is 35.2 Å². The van der Waals surface area contributed by atoms with Gasteiger partial charge in [0.1, 0.15) is 11.6 Å². The quantitative estimate of drug-likeness (QED) is 0.636. The molecule has 1 aromatic carbocycles. The number of benzene rings is 1. The van der Waals surface area contributed by atoms with Crippen molar-refractivity contribution in [3.8, 4) is 5.75 Å². The molecule has 0 fully saturated rings. The third kappa shape index (κ3) is 4.42. The molecule has 0 aliphatic carbocycles. The van der Waals surface area contributed by atoms with E-state index in [9.17, 15) is 4.39 Å². The van der Waals surface area contributed by atoms with Gasteiger partial charge < -0.3 is 10.5 Å². The second-order valence-corrected chi connectivity index (χ2v) is 5.62. The predicted molar refractivity (Wildman–Crippen MR) is 76.7 cm³/mol. The predicted octanol–water partition coefficient (Wildman–Crippen LogP) is 3.95. The van der Waals surface area contributed by atoms with Crippen molar-refractivity contribution >= 4 is 28.8 Å². The Balaban J connectivity index is 2.38. The number of hydrogen-bond acceptors (Lipinski definition) is 2. The van der Waals surface area contributed by atoms with E-state index in [2.05, 4.69) is 0 Å². The van der Waals surface area contributed by atoms with Gasteiger partial charge in [0, 0.05) is 11.5 Å². The van der Waals surface area contributed by atoms with Gasteiger partial charge in [0.2, 0.25) is 0 Å². The lowest BCUT2D eigenvalue weighted by molar-refractivity contribution is 0.286. The number of halogens is 2. The van der Waals surface area contributed by atoms with Crippen molar-refractivity contribution in [3.05, 3.63) is 29.0 Å². The summed E-state index contributed by atoms with van der Waals surface area (Å²) >= 11 is 10.6. The normalized spacial score (nSPS) is 11.3. The zero-order valence-electron chi connectivity index (χ0n) is 10.5. The van der Waals surface area contributed by atoms with Crippen LogP contribution in [0.4, 0.5) is 4.39 Å². The Morgan fingerprint density at radius 1 is 1.50 bits per heavy atom. The van der Waals surface area contributed by atoms with Gasteiger partial charge in [0.15, 0.2) is 0 Å². The van der Waals surface area contributed by atoms with Gasteiger partial charge in [-0.15, -0.1) is 0 Å². The van der Waals surface area contributed by atoms with Gasteiger partial charge in [-0.3, -0.25) is 0 Å². The molecule has 18 heavy (non-hydrogen) atoms. The van der Waals surface area contributed by atoms with Crippen LogP contribution >= 0.6 is 23.8 Å². The van der Waals surface area contributed by atoms with Crippen molar-refractivity contribution in [2.45, 2.75) is 26.7 Å². The number of thiocarbonyl (C=S) groups is 1. The van der Waals surface area contributed by atoms with Crippen LogP contribution < -0.4 is 10.5 Å². The maximum Gasteiger partial charge on any atom is 0.145 e. The second-order valence-electron chi connectivity index (χ2n) is 4.78. The van der Waals surface area contributed by atoms with Crippen LogP contribution in [0.15, 0.2) is 18.2 Å². The van der Waals surface area contributed by atoms with Crippen LogP contribution in [0.3, 0.4) is 0 Å². The molecule has 0 aliphatic rings. The van der Waals surface area contributed by atoms with Crippen molar-refractivity contribution in [2.75, 3.05) is 6.61 Å². The number of rotatable bonds is 6. The molecule has 0 aliphatic heterocycles. The van der Waals surface area contributed by atoms with Crippen LogP contribution in [0.2, 0.25) is 5.02 Å². The van der Waals surface area contributed by atoms with Gasteiger partial charge in [-0.25, -0.2) is 4.39 Å². The van der Waals surface area contributed by atoms with Gasteiger partial charge in [-0.1, -0.05) is 37.7 Å². The monoisotopic (exact) mass is 289 g/mol. The van der Waals surface area contributed by atoms with E-state index in [4.69, 9.17) is 34.3 Å². The highest BCUT2D eigenvalue weighted by molar-refractivity contribution is 7.80. The summed E-state index contributed by atoms with van der Waals surface area (Å²) < 4.78 is 18.6. The van der Waals surface area contributed by atoms with E-state index in [1.165, 1.54) is 12.1 Å². The maximum atomic E-state index is 13.1.